The zero-order chi connectivity index (χ0) is 15.4. The maximum absolute atomic E-state index is 11.7. The topological polar surface area (TPSA) is 64.3 Å². The Labute approximate surface area is 134 Å². The SMILES string of the molecule is CC(C)[C@H]1OCC[C@@H]1CN[C@@H](C(N)=O)c1cccc(Br)c1. The number of hydrogen-bond acceptors (Lipinski definition) is 3. The molecule has 1 amide bonds. The lowest BCUT2D eigenvalue weighted by molar-refractivity contribution is -0.120. The Hall–Kier alpha value is -0.910. The molecule has 0 radical (unpaired) electrons. The van der Waals surface area contributed by atoms with Crippen LogP contribution in [0.2, 0.25) is 0 Å². The highest BCUT2D eigenvalue weighted by atomic mass is 79.9. The molecular weight excluding hydrogens is 332 g/mol. The lowest BCUT2D eigenvalue weighted by Gasteiger charge is -2.24. The van der Waals surface area contributed by atoms with E-state index in [4.69, 9.17) is 10.5 Å². The van der Waals surface area contributed by atoms with Crippen molar-refractivity contribution in [3.8, 4) is 0 Å². The first-order chi connectivity index (χ1) is 9.99. The molecule has 0 aromatic heterocycles. The molecule has 3 atom stereocenters. The molecule has 3 N–H and O–H groups in total. The van der Waals surface area contributed by atoms with Crippen LogP contribution < -0.4 is 11.1 Å². The number of nitrogens with two attached hydrogens (primary N) is 1. The zero-order valence-corrected chi connectivity index (χ0v) is 14.1. The normalized spacial score (nSPS) is 23.4. The molecule has 1 aromatic rings. The van der Waals surface area contributed by atoms with Crippen LogP contribution in [0.3, 0.4) is 0 Å². The molecule has 2 rings (SSSR count). The Morgan fingerprint density at radius 2 is 2.29 bits per heavy atom. The monoisotopic (exact) mass is 354 g/mol. The van der Waals surface area contributed by atoms with Crippen LogP contribution in [-0.2, 0) is 9.53 Å². The van der Waals surface area contributed by atoms with Gasteiger partial charge in [0, 0.05) is 23.5 Å². The van der Waals surface area contributed by atoms with E-state index >= 15 is 0 Å². The third-order valence-corrected chi connectivity index (χ3v) is 4.46. The fraction of sp³-hybridized carbons (Fsp3) is 0.562. The van der Waals surface area contributed by atoms with Gasteiger partial charge in [-0.3, -0.25) is 4.79 Å². The van der Waals surface area contributed by atoms with Crippen molar-refractivity contribution >= 4 is 21.8 Å². The Morgan fingerprint density at radius 1 is 1.52 bits per heavy atom. The number of nitrogens with one attached hydrogen (secondary N) is 1. The third kappa shape index (κ3) is 4.28. The molecule has 0 spiro atoms. The molecule has 5 heteroatoms. The van der Waals surface area contributed by atoms with E-state index in [0.717, 1.165) is 29.6 Å². The molecule has 21 heavy (non-hydrogen) atoms. The number of hydrogen-bond donors (Lipinski definition) is 2. The van der Waals surface area contributed by atoms with E-state index in [-0.39, 0.29) is 12.0 Å². The van der Waals surface area contributed by atoms with Crippen LogP contribution in [0.4, 0.5) is 0 Å². The van der Waals surface area contributed by atoms with Crippen molar-refractivity contribution < 1.29 is 9.53 Å². The van der Waals surface area contributed by atoms with E-state index in [1.807, 2.05) is 24.3 Å². The molecule has 1 heterocycles. The first kappa shape index (κ1) is 16.5. The van der Waals surface area contributed by atoms with E-state index < -0.39 is 6.04 Å². The Morgan fingerprint density at radius 3 is 2.90 bits per heavy atom. The van der Waals surface area contributed by atoms with Gasteiger partial charge in [0.15, 0.2) is 0 Å². The number of ether oxygens (including phenoxy) is 1. The number of amides is 1. The average molecular weight is 355 g/mol. The summed E-state index contributed by atoms with van der Waals surface area (Å²) in [5.74, 6) is 0.560. The van der Waals surface area contributed by atoms with Crippen LogP contribution >= 0.6 is 15.9 Å². The predicted octanol–water partition coefficient (Wildman–Crippen LogP) is 2.63. The summed E-state index contributed by atoms with van der Waals surface area (Å²) in [5, 5.41) is 3.31. The van der Waals surface area contributed by atoms with E-state index in [0.29, 0.717) is 11.8 Å². The van der Waals surface area contributed by atoms with Gasteiger partial charge in [-0.1, -0.05) is 41.9 Å². The summed E-state index contributed by atoms with van der Waals surface area (Å²) in [6.45, 7) is 5.88. The van der Waals surface area contributed by atoms with Crippen molar-refractivity contribution in [3.63, 3.8) is 0 Å². The lowest BCUT2D eigenvalue weighted by atomic mass is 9.92. The van der Waals surface area contributed by atoms with E-state index in [2.05, 4.69) is 35.1 Å². The van der Waals surface area contributed by atoms with Crippen molar-refractivity contribution in [1.29, 1.82) is 0 Å². The third-order valence-electron chi connectivity index (χ3n) is 3.97. The van der Waals surface area contributed by atoms with Crippen LogP contribution in [-0.4, -0.2) is 25.2 Å². The second-order valence-corrected chi connectivity index (χ2v) is 6.84. The van der Waals surface area contributed by atoms with Crippen molar-refractivity contribution in [3.05, 3.63) is 34.3 Å². The molecule has 1 saturated heterocycles. The van der Waals surface area contributed by atoms with E-state index in [1.165, 1.54) is 0 Å². The van der Waals surface area contributed by atoms with Gasteiger partial charge in [-0.25, -0.2) is 0 Å². The molecule has 116 valence electrons. The Bertz CT molecular complexity index is 493. The second-order valence-electron chi connectivity index (χ2n) is 5.93. The van der Waals surface area contributed by atoms with Crippen LogP contribution in [0, 0.1) is 11.8 Å². The molecule has 1 aromatic carbocycles. The van der Waals surface area contributed by atoms with Crippen LogP contribution in [0.1, 0.15) is 31.9 Å². The zero-order valence-electron chi connectivity index (χ0n) is 12.5. The quantitative estimate of drug-likeness (QED) is 0.825. The van der Waals surface area contributed by atoms with Gasteiger partial charge in [-0.05, 0) is 30.0 Å². The van der Waals surface area contributed by atoms with Crippen molar-refractivity contribution in [2.24, 2.45) is 17.6 Å². The summed E-state index contributed by atoms with van der Waals surface area (Å²) in [6, 6.07) is 7.22. The van der Waals surface area contributed by atoms with Gasteiger partial charge in [0.2, 0.25) is 5.91 Å². The summed E-state index contributed by atoms with van der Waals surface area (Å²) >= 11 is 3.43. The molecule has 4 nitrogen and oxygen atoms in total. The molecule has 0 unspecified atom stereocenters. The molecule has 1 aliphatic heterocycles. The summed E-state index contributed by atoms with van der Waals surface area (Å²) in [4.78, 5) is 11.7. The molecule has 1 aliphatic rings. The van der Waals surface area contributed by atoms with Gasteiger partial charge >= 0.3 is 0 Å². The highest BCUT2D eigenvalue weighted by molar-refractivity contribution is 9.10. The molecule has 0 saturated carbocycles. The second kappa shape index (κ2) is 7.38. The first-order valence-corrected chi connectivity index (χ1v) is 8.18. The predicted molar refractivity (Wildman–Crippen MR) is 86.8 cm³/mol. The van der Waals surface area contributed by atoms with Crippen LogP contribution in [0.25, 0.3) is 0 Å². The van der Waals surface area contributed by atoms with Crippen LogP contribution in [0.15, 0.2) is 28.7 Å². The number of rotatable bonds is 6. The number of benzene rings is 1. The van der Waals surface area contributed by atoms with E-state index in [9.17, 15) is 4.79 Å². The minimum absolute atomic E-state index is 0.258. The summed E-state index contributed by atoms with van der Waals surface area (Å²) in [6.07, 6.45) is 1.29. The number of halogens is 1. The first-order valence-electron chi connectivity index (χ1n) is 7.38. The molecule has 0 aliphatic carbocycles. The van der Waals surface area contributed by atoms with Gasteiger partial charge in [-0.15, -0.1) is 0 Å². The van der Waals surface area contributed by atoms with Gasteiger partial charge in [0.25, 0.3) is 0 Å². The largest absolute Gasteiger partial charge is 0.378 e. The van der Waals surface area contributed by atoms with Gasteiger partial charge in [0.05, 0.1) is 6.10 Å². The molecule has 0 bridgehead atoms. The fourth-order valence-electron chi connectivity index (χ4n) is 2.95. The number of carbonyl (C=O) groups excluding carboxylic acids is 1. The number of carbonyl (C=O) groups is 1. The maximum Gasteiger partial charge on any atom is 0.239 e. The fourth-order valence-corrected chi connectivity index (χ4v) is 3.37. The minimum Gasteiger partial charge on any atom is -0.378 e. The lowest BCUT2D eigenvalue weighted by Crippen LogP contribution is -2.39. The maximum atomic E-state index is 11.7. The summed E-state index contributed by atoms with van der Waals surface area (Å²) < 4.78 is 6.72. The standard InChI is InChI=1S/C16H23BrN2O2/c1-10(2)15-12(6-7-21-15)9-19-14(16(18)20)11-4-3-5-13(17)8-11/h3-5,8,10,12,14-15,19H,6-7,9H2,1-2H3,(H2,18,20)/t12-,14-,15-/m1/s1. The highest BCUT2D eigenvalue weighted by Gasteiger charge is 2.31. The Balaban J connectivity index is 2.02. The highest BCUT2D eigenvalue weighted by Crippen LogP contribution is 2.27. The van der Waals surface area contributed by atoms with Gasteiger partial charge in [-0.2, -0.15) is 0 Å². The smallest absolute Gasteiger partial charge is 0.239 e. The van der Waals surface area contributed by atoms with Gasteiger partial charge in [0.1, 0.15) is 6.04 Å². The van der Waals surface area contributed by atoms with Crippen molar-refractivity contribution in [2.75, 3.05) is 13.2 Å². The van der Waals surface area contributed by atoms with Crippen LogP contribution in [0.5, 0.6) is 0 Å². The Kier molecular flexibility index (Phi) is 5.79. The van der Waals surface area contributed by atoms with Crippen molar-refractivity contribution in [2.45, 2.75) is 32.4 Å². The molecule has 1 fully saturated rings. The van der Waals surface area contributed by atoms with Gasteiger partial charge < -0.3 is 15.8 Å². The molecular formula is C16H23BrN2O2. The summed E-state index contributed by atoms with van der Waals surface area (Å²) in [5.41, 5.74) is 6.44. The average Bonchev–Trinajstić information content (AvgIpc) is 2.87. The van der Waals surface area contributed by atoms with E-state index in [1.54, 1.807) is 0 Å². The minimum atomic E-state index is -0.462. The number of primary amides is 1. The van der Waals surface area contributed by atoms with Crippen molar-refractivity contribution in [1.82, 2.24) is 5.32 Å². The summed E-state index contributed by atoms with van der Waals surface area (Å²) in [7, 11) is 0.